The quantitative estimate of drug-likeness (QED) is 0.689. The molecular formula is C11H15NaO2. The van der Waals surface area contributed by atoms with Crippen molar-refractivity contribution in [2.24, 2.45) is 0 Å². The van der Waals surface area contributed by atoms with Crippen LogP contribution >= 0.6 is 0 Å². The SMILES string of the molecule is CCCCc1ccccc1C(=O)O.[H-].[Na+]. The van der Waals surface area contributed by atoms with Crippen molar-refractivity contribution in [3.05, 3.63) is 35.4 Å². The fourth-order valence-corrected chi connectivity index (χ4v) is 1.31. The summed E-state index contributed by atoms with van der Waals surface area (Å²) in [6.45, 7) is 2.10. The van der Waals surface area contributed by atoms with Crippen LogP contribution in [-0.4, -0.2) is 11.1 Å². The minimum Gasteiger partial charge on any atom is -1.00 e. The average Bonchev–Trinajstić information content (AvgIpc) is 2.15. The Morgan fingerprint density at radius 3 is 2.64 bits per heavy atom. The molecular weight excluding hydrogens is 187 g/mol. The maximum atomic E-state index is 10.8. The Morgan fingerprint density at radius 1 is 1.43 bits per heavy atom. The number of hydrogen-bond donors (Lipinski definition) is 1. The Labute approximate surface area is 108 Å². The van der Waals surface area contributed by atoms with Crippen molar-refractivity contribution < 1.29 is 40.9 Å². The van der Waals surface area contributed by atoms with E-state index in [1.807, 2.05) is 12.1 Å². The van der Waals surface area contributed by atoms with E-state index in [9.17, 15) is 4.79 Å². The van der Waals surface area contributed by atoms with E-state index in [1.54, 1.807) is 12.1 Å². The summed E-state index contributed by atoms with van der Waals surface area (Å²) >= 11 is 0. The molecule has 0 bridgehead atoms. The van der Waals surface area contributed by atoms with Crippen molar-refractivity contribution >= 4 is 5.97 Å². The first kappa shape index (κ1) is 13.7. The zero-order valence-electron chi connectivity index (χ0n) is 9.79. The van der Waals surface area contributed by atoms with Crippen molar-refractivity contribution in [3.8, 4) is 0 Å². The van der Waals surface area contributed by atoms with Gasteiger partial charge >= 0.3 is 35.5 Å². The number of hydrogen-bond acceptors (Lipinski definition) is 1. The number of aromatic carboxylic acids is 1. The molecule has 0 atom stereocenters. The number of aryl methyl sites for hydroxylation is 1. The summed E-state index contributed by atoms with van der Waals surface area (Å²) in [5, 5.41) is 8.86. The van der Waals surface area contributed by atoms with Crippen LogP contribution in [0.2, 0.25) is 0 Å². The van der Waals surface area contributed by atoms with E-state index in [4.69, 9.17) is 5.11 Å². The van der Waals surface area contributed by atoms with Crippen LogP contribution in [0.1, 0.15) is 37.1 Å². The van der Waals surface area contributed by atoms with E-state index < -0.39 is 5.97 Å². The van der Waals surface area contributed by atoms with Gasteiger partial charge in [0, 0.05) is 0 Å². The third-order valence-electron chi connectivity index (χ3n) is 2.05. The number of unbranched alkanes of at least 4 members (excludes halogenated alkanes) is 1. The van der Waals surface area contributed by atoms with Crippen LogP contribution < -0.4 is 29.6 Å². The molecule has 1 N–H and O–H groups in total. The largest absolute Gasteiger partial charge is 1.00 e. The molecule has 1 rings (SSSR count). The molecule has 1 aromatic carbocycles. The van der Waals surface area contributed by atoms with Gasteiger partial charge in [0.2, 0.25) is 0 Å². The monoisotopic (exact) mass is 202 g/mol. The first-order valence-electron chi connectivity index (χ1n) is 4.57. The summed E-state index contributed by atoms with van der Waals surface area (Å²) < 4.78 is 0. The molecule has 0 saturated carbocycles. The van der Waals surface area contributed by atoms with Crippen LogP contribution in [0.4, 0.5) is 0 Å². The number of rotatable bonds is 4. The minimum absolute atomic E-state index is 0. The van der Waals surface area contributed by atoms with Crippen LogP contribution in [-0.2, 0) is 6.42 Å². The maximum absolute atomic E-state index is 10.8. The van der Waals surface area contributed by atoms with Crippen LogP contribution in [0.3, 0.4) is 0 Å². The van der Waals surface area contributed by atoms with E-state index in [1.165, 1.54) is 0 Å². The Bertz CT molecular complexity index is 302. The Balaban J connectivity index is 0. The summed E-state index contributed by atoms with van der Waals surface area (Å²) in [5.74, 6) is -0.827. The van der Waals surface area contributed by atoms with Crippen LogP contribution in [0.25, 0.3) is 0 Å². The summed E-state index contributed by atoms with van der Waals surface area (Å²) in [6.07, 6.45) is 3.00. The summed E-state index contributed by atoms with van der Waals surface area (Å²) in [4.78, 5) is 10.8. The topological polar surface area (TPSA) is 37.3 Å². The van der Waals surface area contributed by atoms with Crippen molar-refractivity contribution in [2.45, 2.75) is 26.2 Å². The fraction of sp³-hybridized carbons (Fsp3) is 0.364. The molecule has 0 radical (unpaired) electrons. The first-order valence-corrected chi connectivity index (χ1v) is 4.57. The smallest absolute Gasteiger partial charge is 1.00 e. The Kier molecular flexibility index (Phi) is 6.89. The van der Waals surface area contributed by atoms with Gasteiger partial charge in [-0.2, -0.15) is 0 Å². The zero-order valence-corrected chi connectivity index (χ0v) is 10.8. The van der Waals surface area contributed by atoms with E-state index in [0.29, 0.717) is 5.56 Å². The standard InChI is InChI=1S/C11H14O2.Na.H/c1-2-3-6-9-7-4-5-8-10(9)11(12)13;;/h4-5,7-8H,2-3,6H2,1H3,(H,12,13);;/q;+1;-1. The fourth-order valence-electron chi connectivity index (χ4n) is 1.31. The van der Waals surface area contributed by atoms with Crippen molar-refractivity contribution in [3.63, 3.8) is 0 Å². The molecule has 0 aliphatic heterocycles. The second kappa shape index (κ2) is 7.04. The van der Waals surface area contributed by atoms with E-state index >= 15 is 0 Å². The third kappa shape index (κ3) is 3.82. The Morgan fingerprint density at radius 2 is 2.07 bits per heavy atom. The molecule has 1 aromatic rings. The zero-order chi connectivity index (χ0) is 9.68. The summed E-state index contributed by atoms with van der Waals surface area (Å²) in [5.41, 5.74) is 1.38. The third-order valence-corrected chi connectivity index (χ3v) is 2.05. The predicted octanol–water partition coefficient (Wildman–Crippen LogP) is -0.156. The molecule has 0 unspecified atom stereocenters. The molecule has 3 heteroatoms. The van der Waals surface area contributed by atoms with Crippen molar-refractivity contribution in [1.82, 2.24) is 0 Å². The van der Waals surface area contributed by atoms with E-state index in [-0.39, 0.29) is 31.0 Å². The van der Waals surface area contributed by atoms with E-state index in [2.05, 4.69) is 6.92 Å². The predicted molar refractivity (Wildman–Crippen MR) is 53.1 cm³/mol. The van der Waals surface area contributed by atoms with Crippen LogP contribution in [0.5, 0.6) is 0 Å². The molecule has 14 heavy (non-hydrogen) atoms. The van der Waals surface area contributed by atoms with Crippen LogP contribution in [0, 0.1) is 0 Å². The number of carboxylic acids is 1. The summed E-state index contributed by atoms with van der Waals surface area (Å²) in [7, 11) is 0. The number of carbonyl (C=O) groups is 1. The van der Waals surface area contributed by atoms with Gasteiger partial charge in [0.05, 0.1) is 5.56 Å². The second-order valence-electron chi connectivity index (χ2n) is 3.07. The van der Waals surface area contributed by atoms with Gasteiger partial charge in [0.1, 0.15) is 0 Å². The first-order chi connectivity index (χ1) is 6.25. The van der Waals surface area contributed by atoms with Crippen molar-refractivity contribution in [1.29, 1.82) is 0 Å². The molecule has 0 fully saturated rings. The van der Waals surface area contributed by atoms with Gasteiger partial charge in [-0.1, -0.05) is 31.5 Å². The van der Waals surface area contributed by atoms with Gasteiger partial charge in [0.15, 0.2) is 0 Å². The molecule has 0 spiro atoms. The van der Waals surface area contributed by atoms with Gasteiger partial charge in [-0.3, -0.25) is 0 Å². The van der Waals surface area contributed by atoms with E-state index in [0.717, 1.165) is 24.8 Å². The molecule has 72 valence electrons. The molecule has 0 aromatic heterocycles. The number of carboxylic acid groups (broad SMARTS) is 1. The molecule has 0 heterocycles. The minimum atomic E-state index is -0.827. The molecule has 0 aliphatic carbocycles. The van der Waals surface area contributed by atoms with Gasteiger partial charge in [-0.25, -0.2) is 4.79 Å². The molecule has 0 saturated heterocycles. The molecule has 0 aliphatic rings. The van der Waals surface area contributed by atoms with Crippen LogP contribution in [0.15, 0.2) is 24.3 Å². The van der Waals surface area contributed by atoms with Gasteiger partial charge in [-0.15, -0.1) is 0 Å². The number of benzene rings is 1. The summed E-state index contributed by atoms with van der Waals surface area (Å²) in [6, 6.07) is 7.20. The second-order valence-corrected chi connectivity index (χ2v) is 3.07. The molecule has 2 nitrogen and oxygen atoms in total. The normalized spacial score (nSPS) is 9.21. The van der Waals surface area contributed by atoms with Crippen molar-refractivity contribution in [2.75, 3.05) is 0 Å². The Hall–Kier alpha value is -0.310. The van der Waals surface area contributed by atoms with Gasteiger partial charge < -0.3 is 6.53 Å². The maximum Gasteiger partial charge on any atom is 1.00 e. The van der Waals surface area contributed by atoms with Gasteiger partial charge in [0.25, 0.3) is 0 Å². The van der Waals surface area contributed by atoms with Gasteiger partial charge in [-0.05, 0) is 24.5 Å². The average molecular weight is 202 g/mol. The molecule has 0 amide bonds.